The number of morpholine rings is 1. The van der Waals surface area contributed by atoms with Crippen LogP contribution in [0.3, 0.4) is 0 Å². The maximum atomic E-state index is 5.96. The minimum atomic E-state index is -0.0301. The molecule has 10 heteroatoms. The molecule has 1 aromatic carbocycles. The van der Waals surface area contributed by atoms with Crippen molar-refractivity contribution in [2.75, 3.05) is 47.6 Å². The van der Waals surface area contributed by atoms with Crippen LogP contribution in [-0.4, -0.2) is 68.2 Å². The Morgan fingerprint density at radius 1 is 1.23 bits per heavy atom. The Bertz CT molecular complexity index is 848. The van der Waals surface area contributed by atoms with E-state index in [1.54, 1.807) is 26.0 Å². The third kappa shape index (κ3) is 6.16. The van der Waals surface area contributed by atoms with E-state index in [1.807, 2.05) is 31.6 Å². The number of ether oxygens (including phenoxy) is 4. The molecule has 0 saturated carbocycles. The van der Waals surface area contributed by atoms with Gasteiger partial charge in [0.25, 0.3) is 0 Å². The molecule has 31 heavy (non-hydrogen) atoms. The predicted molar refractivity (Wildman–Crippen MR) is 130 cm³/mol. The van der Waals surface area contributed by atoms with Crippen LogP contribution >= 0.6 is 24.0 Å². The number of methoxy groups -OCH3 is 3. The molecule has 1 atom stereocenters. The second-order valence-corrected chi connectivity index (χ2v) is 6.96. The third-order valence-electron chi connectivity index (χ3n) is 4.93. The highest BCUT2D eigenvalue weighted by atomic mass is 127. The van der Waals surface area contributed by atoms with Gasteiger partial charge in [-0.15, -0.1) is 24.0 Å². The van der Waals surface area contributed by atoms with Crippen molar-refractivity contribution >= 4 is 29.9 Å². The fourth-order valence-corrected chi connectivity index (χ4v) is 3.47. The molecule has 1 aromatic heterocycles. The number of rotatable bonds is 7. The van der Waals surface area contributed by atoms with E-state index in [1.165, 1.54) is 0 Å². The topological polar surface area (TPSA) is 82.4 Å². The molecule has 0 radical (unpaired) electrons. The molecule has 1 unspecified atom stereocenters. The van der Waals surface area contributed by atoms with Crippen molar-refractivity contribution in [3.05, 3.63) is 35.7 Å². The van der Waals surface area contributed by atoms with Crippen LogP contribution in [0.15, 0.2) is 29.5 Å². The molecule has 2 heterocycles. The zero-order valence-corrected chi connectivity index (χ0v) is 21.1. The summed E-state index contributed by atoms with van der Waals surface area (Å²) >= 11 is 0. The van der Waals surface area contributed by atoms with Crippen molar-refractivity contribution in [3.63, 3.8) is 0 Å². The standard InChI is InChI=1S/C21H31N5O4.HI/c1-6-22-21(26-7-8-30-19(14-26)16-12-24-25(2)13-16)23-11-15-9-17(27-3)20(29-5)18(10-15)28-4;/h9-10,12-13,19H,6-8,11,14H2,1-5H3,(H,22,23);1H. The number of nitrogens with one attached hydrogen (secondary N) is 1. The molecule has 2 aromatic rings. The van der Waals surface area contributed by atoms with Crippen LogP contribution in [-0.2, 0) is 18.3 Å². The summed E-state index contributed by atoms with van der Waals surface area (Å²) in [4.78, 5) is 7.08. The average Bonchev–Trinajstić information content (AvgIpc) is 3.22. The molecule has 1 saturated heterocycles. The molecule has 3 rings (SSSR count). The van der Waals surface area contributed by atoms with Crippen molar-refractivity contribution in [2.45, 2.75) is 19.6 Å². The Balaban J connectivity index is 0.00000341. The Labute approximate surface area is 200 Å². The second kappa shape index (κ2) is 12.0. The van der Waals surface area contributed by atoms with Crippen LogP contribution < -0.4 is 19.5 Å². The average molecular weight is 545 g/mol. The van der Waals surface area contributed by atoms with E-state index in [0.717, 1.165) is 30.2 Å². The molecular formula is C21H32IN5O4. The van der Waals surface area contributed by atoms with Gasteiger partial charge < -0.3 is 29.2 Å². The Morgan fingerprint density at radius 3 is 2.48 bits per heavy atom. The molecule has 172 valence electrons. The fourth-order valence-electron chi connectivity index (χ4n) is 3.47. The van der Waals surface area contributed by atoms with Crippen LogP contribution in [0.4, 0.5) is 0 Å². The smallest absolute Gasteiger partial charge is 0.203 e. The lowest BCUT2D eigenvalue weighted by Gasteiger charge is -2.34. The quantitative estimate of drug-likeness (QED) is 0.326. The highest BCUT2D eigenvalue weighted by molar-refractivity contribution is 14.0. The molecule has 0 amide bonds. The fraction of sp³-hybridized carbons (Fsp3) is 0.524. The maximum absolute atomic E-state index is 5.96. The van der Waals surface area contributed by atoms with Gasteiger partial charge in [-0.3, -0.25) is 4.68 Å². The van der Waals surface area contributed by atoms with E-state index in [0.29, 0.717) is 36.9 Å². The number of hydrogen-bond acceptors (Lipinski definition) is 6. The van der Waals surface area contributed by atoms with Gasteiger partial charge in [-0.05, 0) is 24.6 Å². The first-order chi connectivity index (χ1) is 14.6. The summed E-state index contributed by atoms with van der Waals surface area (Å²) < 4.78 is 24.1. The lowest BCUT2D eigenvalue weighted by Crippen LogP contribution is -2.48. The Hall–Kier alpha value is -2.21. The van der Waals surface area contributed by atoms with Crippen LogP contribution in [0.1, 0.15) is 24.2 Å². The van der Waals surface area contributed by atoms with Crippen LogP contribution in [0.5, 0.6) is 17.2 Å². The van der Waals surface area contributed by atoms with Gasteiger partial charge >= 0.3 is 0 Å². The molecule has 1 aliphatic rings. The summed E-state index contributed by atoms with van der Waals surface area (Å²) in [6.07, 6.45) is 3.82. The van der Waals surface area contributed by atoms with Crippen molar-refractivity contribution in [3.8, 4) is 17.2 Å². The monoisotopic (exact) mass is 545 g/mol. The molecule has 0 bridgehead atoms. The number of halogens is 1. The normalized spacial score (nSPS) is 16.5. The third-order valence-corrected chi connectivity index (χ3v) is 4.93. The zero-order chi connectivity index (χ0) is 21.5. The summed E-state index contributed by atoms with van der Waals surface area (Å²) in [5.74, 6) is 2.67. The number of guanidine groups is 1. The minimum absolute atomic E-state index is 0. The molecule has 1 fully saturated rings. The highest BCUT2D eigenvalue weighted by Crippen LogP contribution is 2.38. The van der Waals surface area contributed by atoms with Gasteiger partial charge in [-0.25, -0.2) is 4.99 Å². The van der Waals surface area contributed by atoms with Crippen LogP contribution in [0, 0.1) is 0 Å². The van der Waals surface area contributed by atoms with E-state index in [4.69, 9.17) is 23.9 Å². The summed E-state index contributed by atoms with van der Waals surface area (Å²) in [7, 11) is 6.73. The molecule has 0 aliphatic carbocycles. The van der Waals surface area contributed by atoms with E-state index < -0.39 is 0 Å². The first-order valence-corrected chi connectivity index (χ1v) is 10.0. The number of nitrogens with zero attached hydrogens (tertiary/aromatic N) is 4. The van der Waals surface area contributed by atoms with Crippen molar-refractivity contribution in [2.24, 2.45) is 12.0 Å². The van der Waals surface area contributed by atoms with Gasteiger partial charge in [0.05, 0.1) is 47.2 Å². The molecule has 0 spiro atoms. The molecule has 1 aliphatic heterocycles. The number of benzene rings is 1. The summed E-state index contributed by atoms with van der Waals surface area (Å²) in [5.41, 5.74) is 2.04. The molecule has 1 N–H and O–H groups in total. The van der Waals surface area contributed by atoms with Crippen LogP contribution in [0.2, 0.25) is 0 Å². The highest BCUT2D eigenvalue weighted by Gasteiger charge is 2.25. The van der Waals surface area contributed by atoms with E-state index in [-0.39, 0.29) is 30.1 Å². The number of aryl methyl sites for hydroxylation is 1. The first-order valence-electron chi connectivity index (χ1n) is 10.0. The molecular weight excluding hydrogens is 513 g/mol. The lowest BCUT2D eigenvalue weighted by atomic mass is 10.1. The number of aliphatic imine (C=N–C) groups is 1. The van der Waals surface area contributed by atoms with Gasteiger partial charge in [0, 0.05) is 31.9 Å². The largest absolute Gasteiger partial charge is 0.493 e. The van der Waals surface area contributed by atoms with E-state index in [2.05, 4.69) is 22.2 Å². The maximum Gasteiger partial charge on any atom is 0.203 e. The van der Waals surface area contributed by atoms with Crippen LogP contribution in [0.25, 0.3) is 0 Å². The minimum Gasteiger partial charge on any atom is -0.493 e. The van der Waals surface area contributed by atoms with Gasteiger partial charge in [0.15, 0.2) is 17.5 Å². The number of aromatic nitrogens is 2. The Morgan fingerprint density at radius 2 is 1.94 bits per heavy atom. The summed E-state index contributed by atoms with van der Waals surface area (Å²) in [5, 5.41) is 7.65. The van der Waals surface area contributed by atoms with Gasteiger partial charge in [0.1, 0.15) is 6.10 Å². The van der Waals surface area contributed by atoms with E-state index >= 15 is 0 Å². The van der Waals surface area contributed by atoms with Gasteiger partial charge in [0.2, 0.25) is 5.75 Å². The van der Waals surface area contributed by atoms with Gasteiger partial charge in [-0.1, -0.05) is 0 Å². The lowest BCUT2D eigenvalue weighted by molar-refractivity contribution is -0.00805. The van der Waals surface area contributed by atoms with Gasteiger partial charge in [-0.2, -0.15) is 5.10 Å². The number of hydrogen-bond donors (Lipinski definition) is 1. The zero-order valence-electron chi connectivity index (χ0n) is 18.8. The Kier molecular flexibility index (Phi) is 9.69. The SMILES string of the molecule is CCNC(=NCc1cc(OC)c(OC)c(OC)c1)N1CCOC(c2cnn(C)c2)C1.I. The van der Waals surface area contributed by atoms with Crippen molar-refractivity contribution in [1.29, 1.82) is 0 Å². The summed E-state index contributed by atoms with van der Waals surface area (Å²) in [6, 6.07) is 3.85. The first kappa shape index (κ1) is 25.1. The molecule has 9 nitrogen and oxygen atoms in total. The summed E-state index contributed by atoms with van der Waals surface area (Å²) in [6.45, 7) is 5.45. The van der Waals surface area contributed by atoms with Crippen molar-refractivity contribution in [1.82, 2.24) is 20.0 Å². The predicted octanol–water partition coefficient (Wildman–Crippen LogP) is 2.60. The van der Waals surface area contributed by atoms with Crippen molar-refractivity contribution < 1.29 is 18.9 Å². The second-order valence-electron chi connectivity index (χ2n) is 6.96. The van der Waals surface area contributed by atoms with E-state index in [9.17, 15) is 0 Å².